The van der Waals surface area contributed by atoms with Crippen LogP contribution >= 0.6 is 0 Å². The average molecular weight is 278 g/mol. The number of halogens is 1. The number of nitrogens with zero attached hydrogens (tertiary/aromatic N) is 1. The predicted molar refractivity (Wildman–Crippen MR) is 83.9 cm³/mol. The maximum Gasteiger partial charge on any atom is 0.125 e. The molecule has 0 fully saturated rings. The van der Waals surface area contributed by atoms with Crippen molar-refractivity contribution in [2.24, 2.45) is 0 Å². The van der Waals surface area contributed by atoms with Gasteiger partial charge in [-0.2, -0.15) is 0 Å². The van der Waals surface area contributed by atoms with Gasteiger partial charge in [0.15, 0.2) is 0 Å². The molecule has 0 saturated carbocycles. The van der Waals surface area contributed by atoms with Crippen LogP contribution in [-0.4, -0.2) is 25.7 Å². The lowest BCUT2D eigenvalue weighted by molar-refractivity contribution is 0.541. The maximum atomic E-state index is 13.3. The minimum absolute atomic E-state index is 0.115. The van der Waals surface area contributed by atoms with Crippen LogP contribution in [0.15, 0.2) is 18.2 Å². The van der Waals surface area contributed by atoms with Gasteiger partial charge in [0.25, 0.3) is 0 Å². The molecule has 20 heavy (non-hydrogen) atoms. The van der Waals surface area contributed by atoms with Crippen molar-refractivity contribution in [1.82, 2.24) is 5.32 Å². The van der Waals surface area contributed by atoms with Crippen LogP contribution in [-0.2, 0) is 6.42 Å². The topological polar surface area (TPSA) is 15.3 Å². The van der Waals surface area contributed by atoms with Crippen molar-refractivity contribution in [3.8, 4) is 0 Å². The van der Waals surface area contributed by atoms with Crippen LogP contribution in [0.25, 0.3) is 0 Å². The number of benzene rings is 1. The van der Waals surface area contributed by atoms with Gasteiger partial charge in [-0.3, -0.25) is 0 Å². The van der Waals surface area contributed by atoms with Crippen LogP contribution in [0.5, 0.6) is 0 Å². The van der Waals surface area contributed by atoms with Gasteiger partial charge in [0.1, 0.15) is 5.82 Å². The summed E-state index contributed by atoms with van der Waals surface area (Å²) in [7, 11) is 0. The Kier molecular flexibility index (Phi) is 5.84. The lowest BCUT2D eigenvalue weighted by atomic mass is 10.1. The molecule has 2 rings (SSSR count). The Labute approximate surface area is 122 Å². The molecule has 0 aliphatic carbocycles. The van der Waals surface area contributed by atoms with E-state index in [0.29, 0.717) is 6.04 Å². The van der Waals surface area contributed by atoms with Crippen LogP contribution in [0, 0.1) is 5.82 Å². The minimum Gasteiger partial charge on any atom is -0.371 e. The van der Waals surface area contributed by atoms with Crippen molar-refractivity contribution in [2.45, 2.75) is 52.0 Å². The van der Waals surface area contributed by atoms with Gasteiger partial charge in [0.05, 0.1) is 0 Å². The van der Waals surface area contributed by atoms with Crippen molar-refractivity contribution in [3.63, 3.8) is 0 Å². The Morgan fingerprint density at radius 2 is 2.00 bits per heavy atom. The second-order valence-electron chi connectivity index (χ2n) is 6.03. The summed E-state index contributed by atoms with van der Waals surface area (Å²) in [5.74, 6) is -0.115. The van der Waals surface area contributed by atoms with Gasteiger partial charge >= 0.3 is 0 Å². The quantitative estimate of drug-likeness (QED) is 0.729. The van der Waals surface area contributed by atoms with E-state index in [1.165, 1.54) is 31.2 Å². The molecule has 3 heteroatoms. The molecule has 112 valence electrons. The fourth-order valence-corrected chi connectivity index (χ4v) is 2.82. The molecular formula is C17H27FN2. The molecule has 1 aliphatic heterocycles. The van der Waals surface area contributed by atoms with E-state index in [1.807, 2.05) is 6.07 Å². The van der Waals surface area contributed by atoms with E-state index in [4.69, 9.17) is 0 Å². The lowest BCUT2D eigenvalue weighted by Crippen LogP contribution is -2.23. The first-order valence-corrected chi connectivity index (χ1v) is 7.93. The summed E-state index contributed by atoms with van der Waals surface area (Å²) in [6.07, 6.45) is 6.07. The van der Waals surface area contributed by atoms with Crippen LogP contribution in [0.1, 0.15) is 45.1 Å². The summed E-state index contributed by atoms with van der Waals surface area (Å²) in [5.41, 5.74) is 2.42. The summed E-state index contributed by atoms with van der Waals surface area (Å²) < 4.78 is 13.3. The van der Waals surface area contributed by atoms with Gasteiger partial charge in [-0.25, -0.2) is 4.39 Å². The zero-order chi connectivity index (χ0) is 14.4. The van der Waals surface area contributed by atoms with Crippen LogP contribution < -0.4 is 10.2 Å². The monoisotopic (exact) mass is 278 g/mol. The maximum absolute atomic E-state index is 13.3. The van der Waals surface area contributed by atoms with E-state index in [2.05, 4.69) is 24.1 Å². The molecule has 0 atom stereocenters. The molecule has 0 spiro atoms. The molecule has 1 aliphatic rings. The third kappa shape index (κ3) is 4.48. The number of nitrogens with one attached hydrogen (secondary N) is 1. The van der Waals surface area contributed by atoms with Crippen molar-refractivity contribution in [1.29, 1.82) is 0 Å². The fourth-order valence-electron chi connectivity index (χ4n) is 2.82. The molecule has 0 saturated heterocycles. The van der Waals surface area contributed by atoms with Gasteiger partial charge in [0.2, 0.25) is 0 Å². The fraction of sp³-hybridized carbons (Fsp3) is 0.647. The first-order chi connectivity index (χ1) is 9.66. The highest BCUT2D eigenvalue weighted by Crippen LogP contribution is 2.28. The summed E-state index contributed by atoms with van der Waals surface area (Å²) in [6, 6.07) is 5.78. The van der Waals surface area contributed by atoms with Gasteiger partial charge in [-0.05, 0) is 43.5 Å². The Balaban J connectivity index is 1.63. The van der Waals surface area contributed by atoms with Crippen LogP contribution in [0.4, 0.5) is 10.1 Å². The van der Waals surface area contributed by atoms with Gasteiger partial charge in [-0.1, -0.05) is 32.8 Å². The molecule has 1 aromatic rings. The summed E-state index contributed by atoms with van der Waals surface area (Å²) >= 11 is 0. The van der Waals surface area contributed by atoms with E-state index in [9.17, 15) is 4.39 Å². The number of hydrogen-bond donors (Lipinski definition) is 1. The molecule has 0 unspecified atom stereocenters. The predicted octanol–water partition coefficient (Wildman–Crippen LogP) is 3.75. The second-order valence-corrected chi connectivity index (χ2v) is 6.03. The normalized spacial score (nSPS) is 14.1. The second kappa shape index (κ2) is 7.63. The van der Waals surface area contributed by atoms with Crippen molar-refractivity contribution >= 4 is 5.69 Å². The molecule has 2 nitrogen and oxygen atoms in total. The van der Waals surface area contributed by atoms with E-state index in [0.717, 1.165) is 31.7 Å². The number of fused-ring (bicyclic) bond motifs is 1. The molecule has 1 N–H and O–H groups in total. The van der Waals surface area contributed by atoms with Crippen molar-refractivity contribution in [2.75, 3.05) is 24.5 Å². The molecule has 1 heterocycles. The van der Waals surface area contributed by atoms with Crippen molar-refractivity contribution < 1.29 is 4.39 Å². The third-order valence-electron chi connectivity index (χ3n) is 3.95. The molecule has 0 radical (unpaired) electrons. The SMILES string of the molecule is CC(C)NCCCCCCN1CCc2ccc(F)cc21. The first-order valence-electron chi connectivity index (χ1n) is 7.93. The third-order valence-corrected chi connectivity index (χ3v) is 3.95. The smallest absolute Gasteiger partial charge is 0.125 e. The largest absolute Gasteiger partial charge is 0.371 e. The highest BCUT2D eigenvalue weighted by molar-refractivity contribution is 5.57. The molecular weight excluding hydrogens is 251 g/mol. The van der Waals surface area contributed by atoms with E-state index < -0.39 is 0 Å². The van der Waals surface area contributed by atoms with Gasteiger partial charge in [0, 0.05) is 24.8 Å². The zero-order valence-corrected chi connectivity index (χ0v) is 12.8. The molecule has 0 aromatic heterocycles. The number of hydrogen-bond acceptors (Lipinski definition) is 2. The van der Waals surface area contributed by atoms with Crippen molar-refractivity contribution in [3.05, 3.63) is 29.6 Å². The van der Waals surface area contributed by atoms with Crippen LogP contribution in [0.2, 0.25) is 0 Å². The average Bonchev–Trinajstić information content (AvgIpc) is 2.80. The Hall–Kier alpha value is -1.09. The Morgan fingerprint density at radius 1 is 1.20 bits per heavy atom. The number of anilines is 1. The Morgan fingerprint density at radius 3 is 2.80 bits per heavy atom. The van der Waals surface area contributed by atoms with E-state index in [-0.39, 0.29) is 5.82 Å². The highest BCUT2D eigenvalue weighted by Gasteiger charge is 2.18. The summed E-state index contributed by atoms with van der Waals surface area (Å²) in [4.78, 5) is 2.34. The zero-order valence-electron chi connectivity index (χ0n) is 12.8. The summed E-state index contributed by atoms with van der Waals surface area (Å²) in [5, 5.41) is 3.44. The molecule has 0 amide bonds. The Bertz CT molecular complexity index is 417. The molecule has 1 aromatic carbocycles. The minimum atomic E-state index is -0.115. The first kappa shape index (κ1) is 15.3. The van der Waals surface area contributed by atoms with Gasteiger partial charge < -0.3 is 10.2 Å². The van der Waals surface area contributed by atoms with E-state index in [1.54, 1.807) is 12.1 Å². The number of rotatable bonds is 8. The standard InChI is InChI=1S/C17H27FN2/c1-14(2)19-10-5-3-4-6-11-20-12-9-15-7-8-16(18)13-17(15)20/h7-8,13-14,19H,3-6,9-12H2,1-2H3. The molecule has 0 bridgehead atoms. The van der Waals surface area contributed by atoms with Gasteiger partial charge in [-0.15, -0.1) is 0 Å². The lowest BCUT2D eigenvalue weighted by Gasteiger charge is -2.19. The summed E-state index contributed by atoms with van der Waals surface area (Å²) in [6.45, 7) is 7.60. The van der Waals surface area contributed by atoms with E-state index >= 15 is 0 Å². The number of unbranched alkanes of at least 4 members (excludes halogenated alkanes) is 3. The highest BCUT2D eigenvalue weighted by atomic mass is 19.1. The van der Waals surface area contributed by atoms with Crippen LogP contribution in [0.3, 0.4) is 0 Å².